The van der Waals surface area contributed by atoms with Crippen LogP contribution in [0.25, 0.3) is 5.69 Å². The van der Waals surface area contributed by atoms with Crippen LogP contribution in [0.15, 0.2) is 42.7 Å². The SMILES string of the molecule is CC1(C)CCCCC1C(N)c1cnn(-c2ccccc2)c1. The summed E-state index contributed by atoms with van der Waals surface area (Å²) in [6, 6.07) is 10.3. The molecule has 0 amide bonds. The van der Waals surface area contributed by atoms with Crippen molar-refractivity contribution in [3.05, 3.63) is 48.3 Å². The molecule has 2 unspecified atom stereocenters. The van der Waals surface area contributed by atoms with E-state index in [1.807, 2.05) is 29.1 Å². The van der Waals surface area contributed by atoms with Crippen molar-refractivity contribution in [2.45, 2.75) is 45.6 Å². The van der Waals surface area contributed by atoms with E-state index >= 15 is 0 Å². The number of nitrogens with two attached hydrogens (primary N) is 1. The van der Waals surface area contributed by atoms with Crippen LogP contribution in [0.5, 0.6) is 0 Å². The van der Waals surface area contributed by atoms with Gasteiger partial charge in [0.1, 0.15) is 0 Å². The molecule has 1 saturated carbocycles. The second-order valence-electron chi connectivity index (χ2n) is 6.92. The molecule has 0 aliphatic heterocycles. The zero-order valence-electron chi connectivity index (χ0n) is 13.0. The molecular weight excluding hydrogens is 258 g/mol. The Morgan fingerprint density at radius 1 is 1.24 bits per heavy atom. The minimum atomic E-state index is 0.0813. The Bertz CT molecular complexity index is 586. The van der Waals surface area contributed by atoms with Crippen molar-refractivity contribution in [3.8, 4) is 5.69 Å². The molecule has 0 saturated heterocycles. The van der Waals surface area contributed by atoms with Crippen molar-refractivity contribution in [3.63, 3.8) is 0 Å². The van der Waals surface area contributed by atoms with Crippen molar-refractivity contribution >= 4 is 0 Å². The summed E-state index contributed by atoms with van der Waals surface area (Å²) in [7, 11) is 0. The van der Waals surface area contributed by atoms with E-state index in [2.05, 4.69) is 37.3 Å². The van der Waals surface area contributed by atoms with Crippen LogP contribution in [-0.2, 0) is 0 Å². The van der Waals surface area contributed by atoms with E-state index in [0.717, 1.165) is 11.3 Å². The summed E-state index contributed by atoms with van der Waals surface area (Å²) in [6.07, 6.45) is 9.16. The van der Waals surface area contributed by atoms with Gasteiger partial charge in [0.15, 0.2) is 0 Å². The average Bonchev–Trinajstić information content (AvgIpc) is 2.97. The van der Waals surface area contributed by atoms with Gasteiger partial charge in [0.05, 0.1) is 11.9 Å². The van der Waals surface area contributed by atoms with Crippen LogP contribution < -0.4 is 5.73 Å². The van der Waals surface area contributed by atoms with Gasteiger partial charge in [-0.15, -0.1) is 0 Å². The lowest BCUT2D eigenvalue weighted by Gasteiger charge is -2.41. The Morgan fingerprint density at radius 2 is 2.00 bits per heavy atom. The van der Waals surface area contributed by atoms with Gasteiger partial charge in [0.25, 0.3) is 0 Å². The van der Waals surface area contributed by atoms with Crippen LogP contribution in [0.1, 0.15) is 51.1 Å². The third-order valence-corrected chi connectivity index (χ3v) is 5.03. The van der Waals surface area contributed by atoms with Crippen molar-refractivity contribution in [1.82, 2.24) is 9.78 Å². The predicted molar refractivity (Wildman–Crippen MR) is 86.2 cm³/mol. The highest BCUT2D eigenvalue weighted by atomic mass is 15.3. The molecule has 1 aromatic carbocycles. The molecule has 1 aliphatic rings. The number of hydrogen-bond acceptors (Lipinski definition) is 2. The molecule has 0 radical (unpaired) electrons. The fraction of sp³-hybridized carbons (Fsp3) is 0.500. The number of hydrogen-bond donors (Lipinski definition) is 1. The smallest absolute Gasteiger partial charge is 0.0645 e. The third kappa shape index (κ3) is 2.88. The normalized spacial score (nSPS) is 22.9. The molecule has 2 aromatic rings. The highest BCUT2D eigenvalue weighted by Crippen LogP contribution is 2.45. The van der Waals surface area contributed by atoms with E-state index in [4.69, 9.17) is 5.73 Å². The van der Waals surface area contributed by atoms with Crippen molar-refractivity contribution in [2.75, 3.05) is 0 Å². The minimum Gasteiger partial charge on any atom is -0.324 e. The number of aromatic nitrogens is 2. The molecule has 1 aliphatic carbocycles. The quantitative estimate of drug-likeness (QED) is 0.922. The van der Waals surface area contributed by atoms with Gasteiger partial charge in [0.2, 0.25) is 0 Å². The van der Waals surface area contributed by atoms with Gasteiger partial charge in [-0.25, -0.2) is 4.68 Å². The molecule has 0 spiro atoms. The number of benzene rings is 1. The minimum absolute atomic E-state index is 0.0813. The Balaban J connectivity index is 1.82. The lowest BCUT2D eigenvalue weighted by molar-refractivity contribution is 0.112. The summed E-state index contributed by atoms with van der Waals surface area (Å²) >= 11 is 0. The molecule has 21 heavy (non-hydrogen) atoms. The number of nitrogens with zero attached hydrogens (tertiary/aromatic N) is 2. The summed E-state index contributed by atoms with van der Waals surface area (Å²) in [5, 5.41) is 4.49. The third-order valence-electron chi connectivity index (χ3n) is 5.03. The van der Waals surface area contributed by atoms with E-state index in [9.17, 15) is 0 Å². The van der Waals surface area contributed by atoms with E-state index in [1.54, 1.807) is 0 Å². The first-order valence-electron chi connectivity index (χ1n) is 7.93. The largest absolute Gasteiger partial charge is 0.324 e. The van der Waals surface area contributed by atoms with Crippen molar-refractivity contribution in [1.29, 1.82) is 0 Å². The lowest BCUT2D eigenvalue weighted by atomic mass is 9.65. The molecule has 1 fully saturated rings. The van der Waals surface area contributed by atoms with E-state index in [0.29, 0.717) is 11.3 Å². The maximum absolute atomic E-state index is 6.58. The molecule has 1 heterocycles. The molecule has 1 aromatic heterocycles. The van der Waals surface area contributed by atoms with Crippen LogP contribution in [0.3, 0.4) is 0 Å². The monoisotopic (exact) mass is 283 g/mol. The first-order valence-corrected chi connectivity index (χ1v) is 7.93. The maximum Gasteiger partial charge on any atom is 0.0645 e. The summed E-state index contributed by atoms with van der Waals surface area (Å²) in [6.45, 7) is 4.72. The van der Waals surface area contributed by atoms with Gasteiger partial charge in [-0.3, -0.25) is 0 Å². The Morgan fingerprint density at radius 3 is 2.71 bits per heavy atom. The molecule has 112 valence electrons. The van der Waals surface area contributed by atoms with E-state index < -0.39 is 0 Å². The fourth-order valence-electron chi connectivity index (χ4n) is 3.65. The molecule has 2 N–H and O–H groups in total. The zero-order chi connectivity index (χ0) is 14.9. The molecule has 3 nitrogen and oxygen atoms in total. The standard InChI is InChI=1S/C18H25N3/c1-18(2)11-7-6-10-16(18)17(19)14-12-20-21(13-14)15-8-4-3-5-9-15/h3-5,8-9,12-13,16-17H,6-7,10-11,19H2,1-2H3. The summed E-state index contributed by atoms with van der Waals surface area (Å²) in [4.78, 5) is 0. The van der Waals surface area contributed by atoms with Crippen molar-refractivity contribution < 1.29 is 0 Å². The summed E-state index contributed by atoms with van der Waals surface area (Å²) < 4.78 is 1.92. The molecule has 3 heteroatoms. The van der Waals surface area contributed by atoms with Crippen LogP contribution >= 0.6 is 0 Å². The number of para-hydroxylation sites is 1. The van der Waals surface area contributed by atoms with E-state index in [1.165, 1.54) is 25.7 Å². The molecular formula is C18H25N3. The summed E-state index contributed by atoms with van der Waals surface area (Å²) in [5.41, 5.74) is 9.14. The predicted octanol–water partition coefficient (Wildman–Crippen LogP) is 4.09. The van der Waals surface area contributed by atoms with Gasteiger partial charge < -0.3 is 5.73 Å². The van der Waals surface area contributed by atoms with Crippen LogP contribution in [0, 0.1) is 11.3 Å². The molecule has 0 bridgehead atoms. The Labute approximate surface area is 127 Å². The van der Waals surface area contributed by atoms with Gasteiger partial charge >= 0.3 is 0 Å². The fourth-order valence-corrected chi connectivity index (χ4v) is 3.65. The Hall–Kier alpha value is -1.61. The highest BCUT2D eigenvalue weighted by Gasteiger charge is 2.36. The highest BCUT2D eigenvalue weighted by molar-refractivity contribution is 5.31. The van der Waals surface area contributed by atoms with Crippen LogP contribution in [0.2, 0.25) is 0 Å². The lowest BCUT2D eigenvalue weighted by Crippen LogP contribution is -2.36. The van der Waals surface area contributed by atoms with Crippen LogP contribution in [0.4, 0.5) is 0 Å². The maximum atomic E-state index is 6.58. The number of rotatable bonds is 3. The molecule has 2 atom stereocenters. The first-order chi connectivity index (χ1) is 10.1. The van der Waals surface area contributed by atoms with Crippen LogP contribution in [-0.4, -0.2) is 9.78 Å². The topological polar surface area (TPSA) is 43.8 Å². The van der Waals surface area contributed by atoms with Crippen molar-refractivity contribution in [2.24, 2.45) is 17.1 Å². The first kappa shape index (κ1) is 14.3. The van der Waals surface area contributed by atoms with Gasteiger partial charge in [-0.1, -0.05) is 44.9 Å². The Kier molecular flexibility index (Phi) is 3.85. The van der Waals surface area contributed by atoms with E-state index in [-0.39, 0.29) is 6.04 Å². The zero-order valence-corrected chi connectivity index (χ0v) is 13.0. The molecule has 3 rings (SSSR count). The second-order valence-corrected chi connectivity index (χ2v) is 6.92. The second kappa shape index (κ2) is 5.64. The van der Waals surface area contributed by atoms with Gasteiger partial charge in [-0.2, -0.15) is 5.10 Å². The van der Waals surface area contributed by atoms with Gasteiger partial charge in [0, 0.05) is 17.8 Å². The van der Waals surface area contributed by atoms with Gasteiger partial charge in [-0.05, 0) is 36.3 Å². The summed E-state index contributed by atoms with van der Waals surface area (Å²) in [5.74, 6) is 0.541. The average molecular weight is 283 g/mol.